The fourth-order valence-corrected chi connectivity index (χ4v) is 2.04. The molecule has 0 amide bonds. The van der Waals surface area contributed by atoms with Gasteiger partial charge in [-0.05, 0) is 12.3 Å². The molecular formula is C8H13NO2S. The zero-order chi connectivity index (χ0) is 9.14. The van der Waals surface area contributed by atoms with E-state index in [1.807, 2.05) is 6.92 Å². The normalized spacial score (nSPS) is 13.2. The van der Waals surface area contributed by atoms with Gasteiger partial charge in [-0.2, -0.15) is 0 Å². The van der Waals surface area contributed by atoms with E-state index in [1.165, 1.54) is 0 Å². The van der Waals surface area contributed by atoms with Crippen LogP contribution in [-0.2, 0) is 0 Å². The van der Waals surface area contributed by atoms with Gasteiger partial charge in [0.25, 0.3) is 0 Å². The summed E-state index contributed by atoms with van der Waals surface area (Å²) in [5, 5.41) is 9.28. The van der Waals surface area contributed by atoms with E-state index in [-0.39, 0.29) is 16.7 Å². The molecule has 0 saturated carbocycles. The van der Waals surface area contributed by atoms with Crippen molar-refractivity contribution in [3.8, 4) is 5.88 Å². The second kappa shape index (κ2) is 3.76. The van der Waals surface area contributed by atoms with E-state index in [2.05, 4.69) is 11.9 Å². The first-order chi connectivity index (χ1) is 5.65. The third-order valence-electron chi connectivity index (χ3n) is 1.83. The van der Waals surface area contributed by atoms with Crippen LogP contribution in [0.4, 0.5) is 0 Å². The van der Waals surface area contributed by atoms with Crippen LogP contribution in [0.25, 0.3) is 0 Å². The Balaban J connectivity index is 2.86. The molecule has 4 heteroatoms. The molecule has 3 nitrogen and oxygen atoms in total. The van der Waals surface area contributed by atoms with Gasteiger partial charge in [0, 0.05) is 0 Å². The number of nitrogens with one attached hydrogen (secondary N) is 1. The maximum absolute atomic E-state index is 10.8. The molecule has 0 fully saturated rings. The molecule has 12 heavy (non-hydrogen) atoms. The minimum absolute atomic E-state index is 0.0472. The maximum atomic E-state index is 10.8. The van der Waals surface area contributed by atoms with Crippen molar-refractivity contribution in [1.82, 2.24) is 4.98 Å². The van der Waals surface area contributed by atoms with E-state index < -0.39 is 0 Å². The maximum Gasteiger partial charge on any atom is 0.307 e. The molecule has 1 heterocycles. The fraction of sp³-hybridized carbons (Fsp3) is 0.625. The van der Waals surface area contributed by atoms with Crippen LogP contribution in [0, 0.1) is 0 Å². The summed E-state index contributed by atoms with van der Waals surface area (Å²) in [6.07, 6.45) is 2.06. The van der Waals surface area contributed by atoms with Crippen LogP contribution >= 0.6 is 11.3 Å². The highest BCUT2D eigenvalue weighted by Crippen LogP contribution is 2.28. The minimum Gasteiger partial charge on any atom is -0.494 e. The van der Waals surface area contributed by atoms with Crippen LogP contribution in [0.2, 0.25) is 0 Å². The second-order valence-electron chi connectivity index (χ2n) is 2.92. The summed E-state index contributed by atoms with van der Waals surface area (Å²) < 4.78 is 0. The molecule has 0 aliphatic heterocycles. The van der Waals surface area contributed by atoms with E-state index in [0.29, 0.717) is 0 Å². The Labute approximate surface area is 75.1 Å². The summed E-state index contributed by atoms with van der Waals surface area (Å²) in [4.78, 5) is 13.8. The molecular weight excluding hydrogens is 174 g/mol. The van der Waals surface area contributed by atoms with Gasteiger partial charge in [0.2, 0.25) is 5.88 Å². The van der Waals surface area contributed by atoms with Crippen molar-refractivity contribution < 1.29 is 5.11 Å². The van der Waals surface area contributed by atoms with Gasteiger partial charge in [-0.25, -0.2) is 0 Å². The number of hydrogen-bond donors (Lipinski definition) is 2. The molecule has 0 aliphatic rings. The Hall–Kier alpha value is -0.770. The van der Waals surface area contributed by atoms with Crippen LogP contribution < -0.4 is 4.87 Å². The first-order valence-electron chi connectivity index (χ1n) is 4.07. The lowest BCUT2D eigenvalue weighted by atomic mass is 10.1. The molecule has 1 unspecified atom stereocenters. The smallest absolute Gasteiger partial charge is 0.307 e. The van der Waals surface area contributed by atoms with Crippen molar-refractivity contribution in [3.63, 3.8) is 0 Å². The molecule has 2 N–H and O–H groups in total. The fourth-order valence-electron chi connectivity index (χ4n) is 1.23. The summed E-state index contributed by atoms with van der Waals surface area (Å²) in [5.74, 6) is 0.324. The first kappa shape index (κ1) is 9.32. The third-order valence-corrected chi connectivity index (χ3v) is 2.93. The molecule has 68 valence electrons. The van der Waals surface area contributed by atoms with Gasteiger partial charge in [0.05, 0.1) is 4.88 Å². The predicted molar refractivity (Wildman–Crippen MR) is 49.9 cm³/mol. The van der Waals surface area contributed by atoms with Gasteiger partial charge in [0.1, 0.15) is 0 Å². The van der Waals surface area contributed by atoms with Gasteiger partial charge < -0.3 is 5.11 Å². The standard InChI is InChI=1S/C8H13NO2S/c1-3-4-5(2)6-7(10)9-8(11)12-6/h5,10H,3-4H2,1-2H3,(H,9,11). The zero-order valence-corrected chi connectivity index (χ0v) is 8.07. The van der Waals surface area contributed by atoms with Crippen molar-refractivity contribution in [2.45, 2.75) is 32.6 Å². The molecule has 0 saturated heterocycles. The van der Waals surface area contributed by atoms with E-state index >= 15 is 0 Å². The highest BCUT2D eigenvalue weighted by Gasteiger charge is 2.13. The molecule has 0 aromatic carbocycles. The predicted octanol–water partition coefficient (Wildman–Crippen LogP) is 2.05. The molecule has 1 rings (SSSR count). The minimum atomic E-state index is -0.176. The topological polar surface area (TPSA) is 53.1 Å². The van der Waals surface area contributed by atoms with Gasteiger partial charge in [0.15, 0.2) is 0 Å². The van der Waals surface area contributed by atoms with Crippen molar-refractivity contribution >= 4 is 11.3 Å². The van der Waals surface area contributed by atoms with E-state index in [4.69, 9.17) is 0 Å². The summed E-state index contributed by atoms with van der Waals surface area (Å²) in [7, 11) is 0. The van der Waals surface area contributed by atoms with Crippen molar-refractivity contribution in [2.24, 2.45) is 0 Å². The SMILES string of the molecule is CCCC(C)c1sc(=O)[nH]c1O. The van der Waals surface area contributed by atoms with E-state index in [1.54, 1.807) is 0 Å². The number of thiazole rings is 1. The number of aromatic amines is 1. The average molecular weight is 187 g/mol. The Morgan fingerprint density at radius 2 is 2.33 bits per heavy atom. The summed E-state index contributed by atoms with van der Waals surface area (Å²) in [5.41, 5.74) is 0. The highest BCUT2D eigenvalue weighted by molar-refractivity contribution is 7.09. The lowest BCUT2D eigenvalue weighted by Crippen LogP contribution is -1.89. The van der Waals surface area contributed by atoms with Crippen LogP contribution in [0.1, 0.15) is 37.5 Å². The molecule has 0 aliphatic carbocycles. The monoisotopic (exact) mass is 187 g/mol. The average Bonchev–Trinajstić information content (AvgIpc) is 2.30. The number of rotatable bonds is 3. The second-order valence-corrected chi connectivity index (χ2v) is 3.93. The first-order valence-corrected chi connectivity index (χ1v) is 4.88. The van der Waals surface area contributed by atoms with Gasteiger partial charge in [-0.15, -0.1) is 0 Å². The number of hydrogen-bond acceptors (Lipinski definition) is 3. The van der Waals surface area contributed by atoms with Crippen molar-refractivity contribution in [2.75, 3.05) is 0 Å². The number of H-pyrrole nitrogens is 1. The van der Waals surface area contributed by atoms with Crippen LogP contribution in [0.15, 0.2) is 4.79 Å². The van der Waals surface area contributed by atoms with E-state index in [0.717, 1.165) is 29.1 Å². The van der Waals surface area contributed by atoms with Crippen molar-refractivity contribution in [1.29, 1.82) is 0 Å². The summed E-state index contributed by atoms with van der Waals surface area (Å²) in [6, 6.07) is 0. The molecule has 1 aromatic rings. The van der Waals surface area contributed by atoms with Crippen molar-refractivity contribution in [3.05, 3.63) is 14.5 Å². The summed E-state index contributed by atoms with van der Waals surface area (Å²) in [6.45, 7) is 4.10. The molecule has 0 bridgehead atoms. The molecule has 1 atom stereocenters. The number of aromatic nitrogens is 1. The largest absolute Gasteiger partial charge is 0.494 e. The van der Waals surface area contributed by atoms with E-state index in [9.17, 15) is 9.90 Å². The van der Waals surface area contributed by atoms with Crippen LogP contribution in [0.3, 0.4) is 0 Å². The van der Waals surface area contributed by atoms with Gasteiger partial charge >= 0.3 is 4.87 Å². The van der Waals surface area contributed by atoms with Crippen LogP contribution in [-0.4, -0.2) is 10.1 Å². The Bertz CT molecular complexity index is 302. The molecule has 1 aromatic heterocycles. The molecule has 0 radical (unpaired) electrons. The zero-order valence-electron chi connectivity index (χ0n) is 7.26. The Morgan fingerprint density at radius 1 is 1.67 bits per heavy atom. The number of aromatic hydroxyl groups is 1. The Morgan fingerprint density at radius 3 is 2.75 bits per heavy atom. The summed E-state index contributed by atoms with van der Waals surface area (Å²) >= 11 is 1.10. The third kappa shape index (κ3) is 1.88. The quantitative estimate of drug-likeness (QED) is 0.760. The Kier molecular flexibility index (Phi) is 2.92. The van der Waals surface area contributed by atoms with Gasteiger partial charge in [-0.3, -0.25) is 9.78 Å². The lowest BCUT2D eigenvalue weighted by Gasteiger charge is -2.05. The molecule has 0 spiro atoms. The lowest BCUT2D eigenvalue weighted by molar-refractivity contribution is 0.444. The van der Waals surface area contributed by atoms with Gasteiger partial charge in [-0.1, -0.05) is 31.6 Å². The highest BCUT2D eigenvalue weighted by atomic mass is 32.1. The van der Waals surface area contributed by atoms with Crippen LogP contribution in [0.5, 0.6) is 5.88 Å².